The number of rotatable bonds is 3. The summed E-state index contributed by atoms with van der Waals surface area (Å²) in [5.41, 5.74) is 0.0150. The van der Waals surface area contributed by atoms with Crippen LogP contribution in [0.2, 0.25) is 0 Å². The lowest BCUT2D eigenvalue weighted by atomic mass is 9.79. The third kappa shape index (κ3) is 1.69. The van der Waals surface area contributed by atoms with E-state index in [1.165, 1.54) is 19.5 Å². The molecule has 3 heteroatoms. The van der Waals surface area contributed by atoms with Gasteiger partial charge in [0.1, 0.15) is 0 Å². The number of piperidine rings is 1. The molecule has 0 radical (unpaired) electrons. The highest BCUT2D eigenvalue weighted by molar-refractivity contribution is 5.03. The second kappa shape index (κ2) is 3.80. The maximum Gasteiger partial charge on any atom is 0.0617 e. The molecular weight excluding hydrogens is 176 g/mol. The van der Waals surface area contributed by atoms with Crippen molar-refractivity contribution in [3.8, 4) is 0 Å². The molecule has 82 valence electrons. The van der Waals surface area contributed by atoms with Crippen LogP contribution in [0.15, 0.2) is 0 Å². The standard InChI is InChI=1S/C11H22N2O/c1-9(2)12-11(8-14)4-6-13-5-3-10(11)7-13/h9-10,12,14H,3-8H2,1-2H3. The summed E-state index contributed by atoms with van der Waals surface area (Å²) in [4.78, 5) is 2.51. The zero-order valence-corrected chi connectivity index (χ0v) is 9.29. The SMILES string of the molecule is CC(C)NC1(CO)CCN2CCC1C2. The van der Waals surface area contributed by atoms with Crippen LogP contribution in [0, 0.1) is 5.92 Å². The minimum atomic E-state index is 0.0150. The molecule has 2 N–H and O–H groups in total. The van der Waals surface area contributed by atoms with Gasteiger partial charge in [-0.3, -0.25) is 0 Å². The molecule has 2 aliphatic heterocycles. The van der Waals surface area contributed by atoms with Gasteiger partial charge in [0.25, 0.3) is 0 Å². The van der Waals surface area contributed by atoms with Crippen molar-refractivity contribution in [3.63, 3.8) is 0 Å². The number of nitrogens with zero attached hydrogens (tertiary/aromatic N) is 1. The Kier molecular flexibility index (Phi) is 2.82. The summed E-state index contributed by atoms with van der Waals surface area (Å²) in [6.45, 7) is 8.18. The first kappa shape index (κ1) is 10.4. The topological polar surface area (TPSA) is 35.5 Å². The summed E-state index contributed by atoms with van der Waals surface area (Å²) >= 11 is 0. The molecule has 2 saturated heterocycles. The van der Waals surface area contributed by atoms with Crippen molar-refractivity contribution in [2.24, 2.45) is 5.92 Å². The van der Waals surface area contributed by atoms with Gasteiger partial charge in [-0.1, -0.05) is 13.8 Å². The summed E-state index contributed by atoms with van der Waals surface area (Å²) in [6, 6.07) is 0.467. The maximum atomic E-state index is 9.63. The Hall–Kier alpha value is -0.120. The predicted octanol–water partition coefficient (Wildman–Crippen LogP) is 0.441. The molecule has 2 heterocycles. The highest BCUT2D eigenvalue weighted by Crippen LogP contribution is 2.35. The van der Waals surface area contributed by atoms with Gasteiger partial charge >= 0.3 is 0 Å². The highest BCUT2D eigenvalue weighted by atomic mass is 16.3. The molecule has 0 aromatic rings. The minimum Gasteiger partial charge on any atom is -0.394 e. The van der Waals surface area contributed by atoms with Gasteiger partial charge in [0.05, 0.1) is 6.61 Å². The first-order valence-corrected chi connectivity index (χ1v) is 5.77. The second-order valence-corrected chi connectivity index (χ2v) is 5.15. The molecule has 0 aromatic heterocycles. The number of fused-ring (bicyclic) bond motifs is 2. The highest BCUT2D eigenvalue weighted by Gasteiger charge is 2.45. The van der Waals surface area contributed by atoms with Gasteiger partial charge in [-0.05, 0) is 31.8 Å². The molecule has 2 aliphatic rings. The fraction of sp³-hybridized carbons (Fsp3) is 1.00. The molecule has 0 aromatic carbocycles. The third-order valence-corrected chi connectivity index (χ3v) is 3.79. The Balaban J connectivity index is 2.10. The lowest BCUT2D eigenvalue weighted by Gasteiger charge is -2.43. The number of aliphatic hydroxyl groups excluding tert-OH is 1. The quantitative estimate of drug-likeness (QED) is 0.691. The zero-order chi connectivity index (χ0) is 10.2. The summed E-state index contributed by atoms with van der Waals surface area (Å²) < 4.78 is 0. The van der Waals surface area contributed by atoms with Crippen LogP contribution in [-0.4, -0.2) is 47.8 Å². The van der Waals surface area contributed by atoms with Crippen molar-refractivity contribution in [2.45, 2.75) is 38.3 Å². The molecule has 2 fully saturated rings. The molecule has 14 heavy (non-hydrogen) atoms. The molecule has 2 bridgehead atoms. The summed E-state index contributed by atoms with van der Waals surface area (Å²) in [6.07, 6.45) is 2.35. The van der Waals surface area contributed by atoms with E-state index in [-0.39, 0.29) is 5.54 Å². The van der Waals surface area contributed by atoms with Crippen LogP contribution in [0.3, 0.4) is 0 Å². The van der Waals surface area contributed by atoms with E-state index in [1.54, 1.807) is 0 Å². The van der Waals surface area contributed by atoms with E-state index in [0.717, 1.165) is 13.0 Å². The Morgan fingerprint density at radius 1 is 1.50 bits per heavy atom. The molecule has 0 amide bonds. The van der Waals surface area contributed by atoms with Crippen LogP contribution in [0.25, 0.3) is 0 Å². The average Bonchev–Trinajstić information content (AvgIpc) is 2.55. The van der Waals surface area contributed by atoms with E-state index in [4.69, 9.17) is 0 Å². The number of hydrogen-bond acceptors (Lipinski definition) is 3. The van der Waals surface area contributed by atoms with Gasteiger partial charge in [0.2, 0.25) is 0 Å². The van der Waals surface area contributed by atoms with E-state index >= 15 is 0 Å². The Bertz CT molecular complexity index is 207. The van der Waals surface area contributed by atoms with Gasteiger partial charge in [-0.15, -0.1) is 0 Å². The van der Waals surface area contributed by atoms with Crippen LogP contribution in [0.5, 0.6) is 0 Å². The Morgan fingerprint density at radius 2 is 2.29 bits per heavy atom. The normalized spacial score (nSPS) is 42.0. The number of nitrogens with one attached hydrogen (secondary N) is 1. The van der Waals surface area contributed by atoms with Gasteiger partial charge in [0.15, 0.2) is 0 Å². The van der Waals surface area contributed by atoms with Gasteiger partial charge in [-0.2, -0.15) is 0 Å². The van der Waals surface area contributed by atoms with Crippen molar-refractivity contribution in [1.82, 2.24) is 10.2 Å². The summed E-state index contributed by atoms with van der Waals surface area (Å²) in [7, 11) is 0. The molecule has 0 spiro atoms. The first-order valence-electron chi connectivity index (χ1n) is 5.77. The second-order valence-electron chi connectivity index (χ2n) is 5.15. The van der Waals surface area contributed by atoms with E-state index in [0.29, 0.717) is 18.6 Å². The van der Waals surface area contributed by atoms with Crippen molar-refractivity contribution in [3.05, 3.63) is 0 Å². The Morgan fingerprint density at radius 3 is 2.93 bits per heavy atom. The fourth-order valence-electron chi connectivity index (χ4n) is 3.07. The molecule has 3 atom stereocenters. The number of aliphatic hydroxyl groups is 1. The number of hydrogen-bond donors (Lipinski definition) is 2. The van der Waals surface area contributed by atoms with E-state index in [9.17, 15) is 5.11 Å². The lowest BCUT2D eigenvalue weighted by molar-refractivity contribution is 0.0585. The van der Waals surface area contributed by atoms with Crippen molar-refractivity contribution >= 4 is 0 Å². The van der Waals surface area contributed by atoms with Gasteiger partial charge in [-0.25, -0.2) is 0 Å². The monoisotopic (exact) mass is 198 g/mol. The summed E-state index contributed by atoms with van der Waals surface area (Å²) in [5, 5.41) is 13.2. The van der Waals surface area contributed by atoms with Crippen LogP contribution in [0.4, 0.5) is 0 Å². The van der Waals surface area contributed by atoms with Crippen LogP contribution < -0.4 is 5.32 Å². The zero-order valence-electron chi connectivity index (χ0n) is 9.29. The van der Waals surface area contributed by atoms with E-state index in [2.05, 4.69) is 24.1 Å². The maximum absolute atomic E-state index is 9.63. The van der Waals surface area contributed by atoms with Gasteiger partial charge in [0, 0.05) is 18.1 Å². The fourth-order valence-corrected chi connectivity index (χ4v) is 3.07. The first-order chi connectivity index (χ1) is 6.66. The third-order valence-electron chi connectivity index (χ3n) is 3.79. The molecule has 0 saturated carbocycles. The van der Waals surface area contributed by atoms with Crippen LogP contribution in [-0.2, 0) is 0 Å². The van der Waals surface area contributed by atoms with E-state index < -0.39 is 0 Å². The predicted molar refractivity (Wildman–Crippen MR) is 57.3 cm³/mol. The van der Waals surface area contributed by atoms with Crippen molar-refractivity contribution in [2.75, 3.05) is 26.2 Å². The summed E-state index contributed by atoms with van der Waals surface area (Å²) in [5.74, 6) is 0.656. The minimum absolute atomic E-state index is 0.0150. The molecule has 3 nitrogen and oxygen atoms in total. The molecule has 2 rings (SSSR count). The molecule has 3 unspecified atom stereocenters. The average molecular weight is 198 g/mol. The van der Waals surface area contributed by atoms with Crippen LogP contribution in [0.1, 0.15) is 26.7 Å². The van der Waals surface area contributed by atoms with Gasteiger partial charge < -0.3 is 15.3 Å². The molecule has 0 aliphatic carbocycles. The van der Waals surface area contributed by atoms with Crippen molar-refractivity contribution in [1.29, 1.82) is 0 Å². The Labute approximate surface area is 86.5 Å². The molecular formula is C11H22N2O. The van der Waals surface area contributed by atoms with Crippen molar-refractivity contribution < 1.29 is 5.11 Å². The largest absolute Gasteiger partial charge is 0.394 e. The van der Waals surface area contributed by atoms with Crippen LogP contribution >= 0.6 is 0 Å². The smallest absolute Gasteiger partial charge is 0.0617 e. The lowest BCUT2D eigenvalue weighted by Crippen LogP contribution is -2.60. The van der Waals surface area contributed by atoms with E-state index in [1.807, 2.05) is 0 Å².